The van der Waals surface area contributed by atoms with Gasteiger partial charge in [0.25, 0.3) is 0 Å². The molecule has 1 aromatic heterocycles. The highest BCUT2D eigenvalue weighted by Gasteiger charge is 2.35. The summed E-state index contributed by atoms with van der Waals surface area (Å²) in [7, 11) is 0. The molecule has 0 saturated carbocycles. The molecule has 0 radical (unpaired) electrons. The van der Waals surface area contributed by atoms with Gasteiger partial charge in [-0.25, -0.2) is 0 Å². The number of rotatable bonds is 4. The summed E-state index contributed by atoms with van der Waals surface area (Å²) >= 11 is 0. The largest absolute Gasteiger partial charge is 0.392 e. The Morgan fingerprint density at radius 2 is 2.29 bits per heavy atom. The number of hydrogen-bond donors (Lipinski definition) is 2. The van der Waals surface area contributed by atoms with Gasteiger partial charge in [0.15, 0.2) is 0 Å². The van der Waals surface area contributed by atoms with Gasteiger partial charge in [-0.05, 0) is 0 Å². The fourth-order valence-corrected chi connectivity index (χ4v) is 0.923. The van der Waals surface area contributed by atoms with Crippen molar-refractivity contribution < 1.29 is 13.2 Å². The van der Waals surface area contributed by atoms with E-state index >= 15 is 0 Å². The molecule has 0 fully saturated rings. The molecule has 1 atom stereocenters. The molecule has 0 amide bonds. The molecule has 80 valence electrons. The number of aromatic amines is 1. The first kappa shape index (κ1) is 11.0. The van der Waals surface area contributed by atoms with Crippen LogP contribution in [-0.2, 0) is 6.54 Å². The normalized spacial score (nSPS) is 14.3. The molecule has 1 aromatic rings. The molecule has 1 rings (SSSR count). The summed E-state index contributed by atoms with van der Waals surface area (Å²) in [5.74, 6) is -1.32. The predicted molar refractivity (Wildman–Crippen MR) is 45.5 cm³/mol. The first-order chi connectivity index (χ1) is 6.50. The molecule has 0 aliphatic carbocycles. The Kier molecular flexibility index (Phi) is 3.51. The Morgan fingerprint density at radius 3 is 2.79 bits per heavy atom. The second kappa shape index (κ2) is 4.45. The number of hydrogen-bond acceptors (Lipinski definition) is 2. The Bertz CT molecular complexity index is 255. The minimum atomic E-state index is -4.12. The van der Waals surface area contributed by atoms with Crippen LogP contribution in [-0.4, -0.2) is 22.9 Å². The third-order valence-electron chi connectivity index (χ3n) is 1.89. The van der Waals surface area contributed by atoms with E-state index in [2.05, 4.69) is 15.5 Å². The summed E-state index contributed by atoms with van der Waals surface area (Å²) in [4.78, 5) is 0. The van der Waals surface area contributed by atoms with Gasteiger partial charge < -0.3 is 5.32 Å². The smallest absolute Gasteiger partial charge is 0.312 e. The number of nitrogens with one attached hydrogen (secondary N) is 2. The Morgan fingerprint density at radius 1 is 1.57 bits per heavy atom. The lowest BCUT2D eigenvalue weighted by molar-refractivity contribution is -0.168. The van der Waals surface area contributed by atoms with Gasteiger partial charge >= 0.3 is 6.18 Å². The van der Waals surface area contributed by atoms with Crippen LogP contribution in [0.4, 0.5) is 13.2 Å². The molecular weight excluding hydrogens is 195 g/mol. The van der Waals surface area contributed by atoms with E-state index in [9.17, 15) is 13.2 Å². The summed E-state index contributed by atoms with van der Waals surface area (Å²) in [6, 6.07) is 0. The van der Waals surface area contributed by atoms with Gasteiger partial charge in [0, 0.05) is 24.8 Å². The molecule has 1 heterocycles. The fourth-order valence-electron chi connectivity index (χ4n) is 0.923. The van der Waals surface area contributed by atoms with Crippen LogP contribution in [0.3, 0.4) is 0 Å². The van der Waals surface area contributed by atoms with E-state index in [1.807, 2.05) is 0 Å². The third-order valence-corrected chi connectivity index (χ3v) is 1.89. The summed E-state index contributed by atoms with van der Waals surface area (Å²) in [6.07, 6.45) is -0.903. The lowest BCUT2D eigenvalue weighted by Gasteiger charge is -2.15. The van der Waals surface area contributed by atoms with Crippen LogP contribution >= 0.6 is 0 Å². The molecule has 0 aliphatic heterocycles. The van der Waals surface area contributed by atoms with Crippen molar-refractivity contribution >= 4 is 0 Å². The predicted octanol–water partition coefficient (Wildman–Crippen LogP) is 1.70. The topological polar surface area (TPSA) is 40.7 Å². The second-order valence-electron chi connectivity index (χ2n) is 3.18. The van der Waals surface area contributed by atoms with E-state index in [1.165, 1.54) is 0 Å². The maximum Gasteiger partial charge on any atom is 0.392 e. The number of H-pyrrole nitrogens is 1. The third kappa shape index (κ3) is 3.37. The van der Waals surface area contributed by atoms with Gasteiger partial charge in [0.1, 0.15) is 0 Å². The summed E-state index contributed by atoms with van der Waals surface area (Å²) in [6.45, 7) is 1.48. The van der Waals surface area contributed by atoms with Crippen LogP contribution in [0.25, 0.3) is 0 Å². The van der Waals surface area contributed by atoms with Gasteiger partial charge in [-0.3, -0.25) is 5.10 Å². The van der Waals surface area contributed by atoms with Crippen LogP contribution in [0, 0.1) is 5.92 Å². The van der Waals surface area contributed by atoms with Crippen molar-refractivity contribution in [2.24, 2.45) is 5.92 Å². The van der Waals surface area contributed by atoms with Crippen molar-refractivity contribution in [3.05, 3.63) is 18.0 Å². The van der Waals surface area contributed by atoms with Crippen molar-refractivity contribution in [2.75, 3.05) is 6.54 Å². The first-order valence-electron chi connectivity index (χ1n) is 4.25. The van der Waals surface area contributed by atoms with Crippen molar-refractivity contribution in [1.29, 1.82) is 0 Å². The van der Waals surface area contributed by atoms with Crippen LogP contribution < -0.4 is 5.32 Å². The maximum atomic E-state index is 12.1. The summed E-state index contributed by atoms with van der Waals surface area (Å²) in [5.41, 5.74) is 0.847. The molecule has 0 bridgehead atoms. The minimum absolute atomic E-state index is 0.0747. The Labute approximate surface area is 79.7 Å². The molecule has 2 N–H and O–H groups in total. The zero-order valence-corrected chi connectivity index (χ0v) is 7.73. The average Bonchev–Trinajstić information content (AvgIpc) is 2.55. The zero-order valence-electron chi connectivity index (χ0n) is 7.73. The Balaban J connectivity index is 2.22. The van der Waals surface area contributed by atoms with E-state index in [0.29, 0.717) is 6.54 Å². The van der Waals surface area contributed by atoms with Gasteiger partial charge in [-0.2, -0.15) is 18.3 Å². The van der Waals surface area contributed by atoms with Crippen LogP contribution in [0.15, 0.2) is 12.4 Å². The fraction of sp³-hybridized carbons (Fsp3) is 0.625. The highest BCUT2D eigenvalue weighted by Crippen LogP contribution is 2.24. The van der Waals surface area contributed by atoms with Crippen LogP contribution in [0.2, 0.25) is 0 Å². The van der Waals surface area contributed by atoms with Gasteiger partial charge in [0.2, 0.25) is 0 Å². The lowest BCUT2D eigenvalue weighted by atomic mass is 10.2. The summed E-state index contributed by atoms with van der Waals surface area (Å²) < 4.78 is 36.2. The quantitative estimate of drug-likeness (QED) is 0.788. The van der Waals surface area contributed by atoms with E-state index in [1.54, 1.807) is 12.4 Å². The first-order valence-corrected chi connectivity index (χ1v) is 4.25. The van der Waals surface area contributed by atoms with Crippen LogP contribution in [0.5, 0.6) is 0 Å². The van der Waals surface area contributed by atoms with Gasteiger partial charge in [-0.1, -0.05) is 6.92 Å². The van der Waals surface area contributed by atoms with E-state index < -0.39 is 12.1 Å². The van der Waals surface area contributed by atoms with Crippen LogP contribution in [0.1, 0.15) is 12.5 Å². The second-order valence-corrected chi connectivity index (χ2v) is 3.18. The Hall–Kier alpha value is -1.04. The zero-order chi connectivity index (χ0) is 10.6. The molecule has 6 heteroatoms. The molecule has 0 saturated heterocycles. The SMILES string of the molecule is CC(CNCc1cn[nH]c1)C(F)(F)F. The van der Waals surface area contributed by atoms with Gasteiger partial charge in [0.05, 0.1) is 12.1 Å². The summed E-state index contributed by atoms with van der Waals surface area (Å²) in [5, 5.41) is 8.98. The highest BCUT2D eigenvalue weighted by molar-refractivity contribution is 5.01. The van der Waals surface area contributed by atoms with E-state index in [4.69, 9.17) is 0 Å². The molecule has 3 nitrogen and oxygen atoms in total. The standard InChI is InChI=1S/C8H12F3N3/c1-6(8(9,10)11)2-12-3-7-4-13-14-5-7/h4-6,12H,2-3H2,1H3,(H,13,14). The number of aromatic nitrogens is 2. The van der Waals surface area contributed by atoms with Gasteiger partial charge in [-0.15, -0.1) is 0 Å². The van der Waals surface area contributed by atoms with Crippen molar-refractivity contribution in [3.63, 3.8) is 0 Å². The number of alkyl halides is 3. The number of nitrogens with zero attached hydrogens (tertiary/aromatic N) is 1. The monoisotopic (exact) mass is 207 g/mol. The average molecular weight is 207 g/mol. The van der Waals surface area contributed by atoms with E-state index in [0.717, 1.165) is 12.5 Å². The molecule has 0 aliphatic rings. The molecule has 0 aromatic carbocycles. The highest BCUT2D eigenvalue weighted by atomic mass is 19.4. The van der Waals surface area contributed by atoms with Crippen molar-refractivity contribution in [2.45, 2.75) is 19.6 Å². The molecule has 14 heavy (non-hydrogen) atoms. The lowest BCUT2D eigenvalue weighted by Crippen LogP contribution is -2.30. The van der Waals surface area contributed by atoms with Crippen molar-refractivity contribution in [3.8, 4) is 0 Å². The van der Waals surface area contributed by atoms with E-state index in [-0.39, 0.29) is 6.54 Å². The molecular formula is C8H12F3N3. The van der Waals surface area contributed by atoms with Crippen molar-refractivity contribution in [1.82, 2.24) is 15.5 Å². The minimum Gasteiger partial charge on any atom is -0.312 e. The maximum absolute atomic E-state index is 12.1. The molecule has 0 spiro atoms. The molecule has 1 unspecified atom stereocenters. The number of halogens is 3.